The lowest BCUT2D eigenvalue weighted by atomic mass is 9.54. The van der Waals surface area contributed by atoms with E-state index in [9.17, 15) is 14.4 Å². The largest absolute Gasteiger partial charge is 0.322 e. The molecule has 0 aromatic heterocycles. The number of carbonyl (C=O) groups excluding carboxylic acids is 3. The highest BCUT2D eigenvalue weighted by Crippen LogP contribution is 2.53. The first-order valence-corrected chi connectivity index (χ1v) is 14.2. The average molecular weight is 482 g/mol. The first kappa shape index (κ1) is 22.6. The molecule has 7 rings (SSSR count). The maximum absolute atomic E-state index is 13.0. The Hall–Kier alpha value is -1.86. The molecule has 6 aliphatic rings. The van der Waals surface area contributed by atoms with Crippen LogP contribution in [0.4, 0.5) is 0 Å². The number of unbranched alkanes of at least 4 members (excludes halogenated alkanes) is 1. The van der Waals surface area contributed by atoms with Gasteiger partial charge in [-0.15, -0.1) is 11.8 Å². The maximum atomic E-state index is 13.0. The zero-order chi connectivity index (χ0) is 23.2. The molecule has 1 saturated heterocycles. The molecular formula is C27H35N3O3S. The summed E-state index contributed by atoms with van der Waals surface area (Å²) in [5.41, 5.74) is 1.74. The number of thioether (sulfide) groups is 1. The highest BCUT2D eigenvalue weighted by Gasteiger charge is 2.47. The van der Waals surface area contributed by atoms with Gasteiger partial charge >= 0.3 is 0 Å². The molecule has 4 aliphatic carbocycles. The second kappa shape index (κ2) is 9.30. The third kappa shape index (κ3) is 4.19. The summed E-state index contributed by atoms with van der Waals surface area (Å²) in [5.74, 6) is 4.27. The SMILES string of the molecule is O=C1CCC(N2Cc3c(SCCCCNC4C5CC6CC(C5)CC4C6)cccc3C2=O)C(=O)N1. The van der Waals surface area contributed by atoms with Crippen LogP contribution in [0.1, 0.15) is 73.7 Å². The van der Waals surface area contributed by atoms with Crippen molar-refractivity contribution in [3.63, 3.8) is 0 Å². The fourth-order valence-corrected chi connectivity index (χ4v) is 8.72. The van der Waals surface area contributed by atoms with Crippen molar-refractivity contribution < 1.29 is 14.4 Å². The number of imide groups is 1. The Morgan fingerprint density at radius 1 is 1.00 bits per heavy atom. The van der Waals surface area contributed by atoms with Crippen LogP contribution in [0.2, 0.25) is 0 Å². The number of nitrogens with one attached hydrogen (secondary N) is 2. The second-order valence-corrected chi connectivity index (χ2v) is 12.3. The molecule has 2 heterocycles. The molecule has 2 aliphatic heterocycles. The predicted molar refractivity (Wildman–Crippen MR) is 131 cm³/mol. The molecule has 4 bridgehead atoms. The molecule has 2 N–H and O–H groups in total. The quantitative estimate of drug-likeness (QED) is 0.336. The van der Waals surface area contributed by atoms with Crippen LogP contribution in [0.15, 0.2) is 23.1 Å². The third-order valence-corrected chi connectivity index (χ3v) is 10.2. The Morgan fingerprint density at radius 3 is 2.50 bits per heavy atom. The fourth-order valence-electron chi connectivity index (χ4n) is 7.63. The van der Waals surface area contributed by atoms with Crippen molar-refractivity contribution in [3.8, 4) is 0 Å². The van der Waals surface area contributed by atoms with E-state index in [1.165, 1.54) is 38.5 Å². The Morgan fingerprint density at radius 2 is 1.76 bits per heavy atom. The highest BCUT2D eigenvalue weighted by atomic mass is 32.2. The highest BCUT2D eigenvalue weighted by molar-refractivity contribution is 7.99. The molecule has 182 valence electrons. The van der Waals surface area contributed by atoms with Crippen molar-refractivity contribution in [2.45, 2.75) is 81.3 Å². The minimum atomic E-state index is -0.549. The number of hydrogen-bond acceptors (Lipinski definition) is 5. The normalized spacial score (nSPS) is 34.0. The lowest BCUT2D eigenvalue weighted by Crippen LogP contribution is -2.54. The van der Waals surface area contributed by atoms with Gasteiger partial charge in [0.2, 0.25) is 11.8 Å². The monoisotopic (exact) mass is 481 g/mol. The molecule has 6 nitrogen and oxygen atoms in total. The summed E-state index contributed by atoms with van der Waals surface area (Å²) in [5, 5.41) is 6.32. The van der Waals surface area contributed by atoms with Gasteiger partial charge in [0.25, 0.3) is 5.91 Å². The van der Waals surface area contributed by atoms with E-state index in [1.54, 1.807) is 4.90 Å². The Kier molecular flexibility index (Phi) is 6.18. The van der Waals surface area contributed by atoms with Gasteiger partial charge in [-0.05, 0) is 105 Å². The van der Waals surface area contributed by atoms with Crippen molar-refractivity contribution in [2.24, 2.45) is 23.7 Å². The first-order chi connectivity index (χ1) is 16.6. The number of carbonyl (C=O) groups is 3. The van der Waals surface area contributed by atoms with E-state index >= 15 is 0 Å². The van der Waals surface area contributed by atoms with Crippen molar-refractivity contribution >= 4 is 29.5 Å². The van der Waals surface area contributed by atoms with Gasteiger partial charge < -0.3 is 10.2 Å². The van der Waals surface area contributed by atoms with Crippen molar-refractivity contribution in [1.29, 1.82) is 0 Å². The third-order valence-electron chi connectivity index (χ3n) is 8.97. The molecule has 0 spiro atoms. The summed E-state index contributed by atoms with van der Waals surface area (Å²) < 4.78 is 0. The number of piperidine rings is 1. The molecule has 1 aromatic carbocycles. The molecule has 4 saturated carbocycles. The van der Waals surface area contributed by atoms with Gasteiger partial charge in [-0.3, -0.25) is 19.7 Å². The lowest BCUT2D eigenvalue weighted by molar-refractivity contribution is -0.136. The second-order valence-electron chi connectivity index (χ2n) is 11.1. The molecule has 7 heteroatoms. The van der Waals surface area contributed by atoms with E-state index in [4.69, 9.17) is 0 Å². The van der Waals surface area contributed by atoms with E-state index in [2.05, 4.69) is 16.7 Å². The molecule has 3 amide bonds. The van der Waals surface area contributed by atoms with Crippen LogP contribution in [0.3, 0.4) is 0 Å². The Balaban J connectivity index is 0.984. The number of fused-ring (bicyclic) bond motifs is 1. The molecule has 5 fully saturated rings. The summed E-state index contributed by atoms with van der Waals surface area (Å²) in [7, 11) is 0. The van der Waals surface area contributed by atoms with Gasteiger partial charge in [-0.1, -0.05) is 6.07 Å². The van der Waals surface area contributed by atoms with Gasteiger partial charge in [0.05, 0.1) is 0 Å². The summed E-state index contributed by atoms with van der Waals surface area (Å²) >= 11 is 1.83. The van der Waals surface area contributed by atoms with Gasteiger partial charge in [-0.25, -0.2) is 0 Å². The summed E-state index contributed by atoms with van der Waals surface area (Å²) in [6, 6.07) is 6.12. The van der Waals surface area contributed by atoms with E-state index in [-0.39, 0.29) is 24.1 Å². The standard InChI is InChI=1S/C27H35N3O3S/c31-24-7-6-22(26(32)29-24)30-15-21-20(27(30)33)4-3-5-23(21)34-9-2-1-8-28-25-18-11-16-10-17(13-18)14-19(25)12-16/h3-5,16-19,22,25,28H,1-2,6-15H2,(H,29,31,32). The van der Waals surface area contributed by atoms with Crippen LogP contribution < -0.4 is 10.6 Å². The number of benzene rings is 1. The van der Waals surface area contributed by atoms with Gasteiger partial charge in [-0.2, -0.15) is 0 Å². The Bertz CT molecular complexity index is 967. The van der Waals surface area contributed by atoms with Crippen LogP contribution in [0, 0.1) is 23.7 Å². The average Bonchev–Trinajstić information content (AvgIpc) is 3.14. The van der Waals surface area contributed by atoms with Crippen LogP contribution in [-0.4, -0.2) is 47.0 Å². The molecule has 34 heavy (non-hydrogen) atoms. The zero-order valence-corrected chi connectivity index (χ0v) is 20.6. The predicted octanol–water partition coefficient (Wildman–Crippen LogP) is 3.73. The number of hydrogen-bond donors (Lipinski definition) is 2. The van der Waals surface area contributed by atoms with Gasteiger partial charge in [0.1, 0.15) is 6.04 Å². The number of amides is 3. The van der Waals surface area contributed by atoms with Crippen LogP contribution >= 0.6 is 11.8 Å². The van der Waals surface area contributed by atoms with Gasteiger partial charge in [0, 0.05) is 29.5 Å². The van der Waals surface area contributed by atoms with Crippen molar-refractivity contribution in [3.05, 3.63) is 29.3 Å². The zero-order valence-electron chi connectivity index (χ0n) is 19.8. The smallest absolute Gasteiger partial charge is 0.255 e. The minimum absolute atomic E-state index is 0.0909. The number of nitrogens with zero attached hydrogens (tertiary/aromatic N) is 1. The van der Waals surface area contributed by atoms with Crippen LogP contribution in [-0.2, 0) is 16.1 Å². The lowest BCUT2D eigenvalue weighted by Gasteiger charge is -2.54. The van der Waals surface area contributed by atoms with Gasteiger partial charge in [0.15, 0.2) is 0 Å². The van der Waals surface area contributed by atoms with E-state index in [0.29, 0.717) is 18.5 Å². The minimum Gasteiger partial charge on any atom is -0.322 e. The first-order valence-electron chi connectivity index (χ1n) is 13.2. The summed E-state index contributed by atoms with van der Waals surface area (Å²) in [6.45, 7) is 1.57. The van der Waals surface area contributed by atoms with Crippen molar-refractivity contribution in [1.82, 2.24) is 15.5 Å². The fraction of sp³-hybridized carbons (Fsp3) is 0.667. The molecule has 1 aromatic rings. The summed E-state index contributed by atoms with van der Waals surface area (Å²) in [6.07, 6.45) is 10.4. The van der Waals surface area contributed by atoms with Crippen LogP contribution in [0.5, 0.6) is 0 Å². The van der Waals surface area contributed by atoms with E-state index in [1.807, 2.05) is 23.9 Å². The summed E-state index contributed by atoms with van der Waals surface area (Å²) in [4.78, 5) is 39.6. The van der Waals surface area contributed by atoms with E-state index < -0.39 is 6.04 Å². The molecule has 1 unspecified atom stereocenters. The topological polar surface area (TPSA) is 78.5 Å². The molecular weight excluding hydrogens is 446 g/mol. The molecule has 1 atom stereocenters. The van der Waals surface area contributed by atoms with Crippen LogP contribution in [0.25, 0.3) is 0 Å². The van der Waals surface area contributed by atoms with Crippen molar-refractivity contribution in [2.75, 3.05) is 12.3 Å². The van der Waals surface area contributed by atoms with E-state index in [0.717, 1.165) is 58.9 Å². The number of rotatable bonds is 8. The molecule has 0 radical (unpaired) electrons. The maximum Gasteiger partial charge on any atom is 0.255 e. The Labute approximate surface area is 206 Å².